The maximum Gasteiger partial charge on any atom is 1.00 e. The number of fused-ring (bicyclic) bond motifs is 1. The summed E-state index contributed by atoms with van der Waals surface area (Å²) in [5.41, 5.74) is 0.180. The number of aliphatic hydroxyl groups excluding tert-OH is 1. The molecular formula is C17H18N3NaO5S2. The molecule has 2 amide bonds. The molecule has 0 saturated carbocycles. The third-order valence-electron chi connectivity index (χ3n) is 4.69. The van der Waals surface area contributed by atoms with Crippen LogP contribution in [0.25, 0.3) is 6.08 Å². The first-order chi connectivity index (χ1) is 12.8. The number of nitrogens with zero attached hydrogens (tertiary/aromatic N) is 2. The zero-order chi connectivity index (χ0) is 19.9. The van der Waals surface area contributed by atoms with E-state index in [0.29, 0.717) is 15.6 Å². The molecular weight excluding hydrogens is 413 g/mol. The van der Waals surface area contributed by atoms with E-state index in [1.807, 2.05) is 6.92 Å². The molecule has 1 aromatic heterocycles. The largest absolute Gasteiger partial charge is 1.00 e. The molecule has 0 spiro atoms. The normalized spacial score (nSPS) is 24.6. The van der Waals surface area contributed by atoms with Crippen LogP contribution in [0.4, 0.5) is 0 Å². The Labute approximate surface area is 192 Å². The summed E-state index contributed by atoms with van der Waals surface area (Å²) >= 11 is 2.47. The van der Waals surface area contributed by atoms with Gasteiger partial charge in [0.1, 0.15) is 10.7 Å². The summed E-state index contributed by atoms with van der Waals surface area (Å²) in [6.07, 6.45) is 0.834. The third kappa shape index (κ3) is 3.94. The van der Waals surface area contributed by atoms with E-state index in [9.17, 15) is 24.6 Å². The minimum Gasteiger partial charge on any atom is -0.543 e. The molecule has 1 fully saturated rings. The Morgan fingerprint density at radius 1 is 1.50 bits per heavy atom. The molecule has 28 heavy (non-hydrogen) atoms. The molecule has 1 aromatic rings. The quantitative estimate of drug-likeness (QED) is 0.364. The van der Waals surface area contributed by atoms with E-state index >= 15 is 0 Å². The van der Waals surface area contributed by atoms with Gasteiger partial charge in [-0.25, -0.2) is 4.98 Å². The van der Waals surface area contributed by atoms with Crippen LogP contribution >= 0.6 is 23.1 Å². The molecule has 0 aromatic carbocycles. The minimum absolute atomic E-state index is 0. The fraction of sp³-hybridized carbons (Fsp3) is 0.412. The van der Waals surface area contributed by atoms with Gasteiger partial charge in [-0.05, 0) is 18.4 Å². The number of carboxylic acids is 1. The Hall–Kier alpha value is -1.17. The number of carbonyl (C=O) groups excluding carboxylic acids is 3. The summed E-state index contributed by atoms with van der Waals surface area (Å²) in [7, 11) is 1.52. The van der Waals surface area contributed by atoms with E-state index in [1.165, 1.54) is 42.0 Å². The number of nitrogens with one attached hydrogen (secondary N) is 1. The van der Waals surface area contributed by atoms with Crippen molar-refractivity contribution in [1.29, 1.82) is 0 Å². The first kappa shape index (κ1) is 23.1. The zero-order valence-corrected chi connectivity index (χ0v) is 19.5. The first-order valence-electron chi connectivity index (χ1n) is 8.25. The maximum absolute atomic E-state index is 12.2. The molecule has 2 aliphatic heterocycles. The minimum atomic E-state index is -1.41. The van der Waals surface area contributed by atoms with Crippen LogP contribution in [0.1, 0.15) is 29.3 Å². The van der Waals surface area contributed by atoms with E-state index in [4.69, 9.17) is 0 Å². The molecule has 0 radical (unpaired) electrons. The number of aromatic nitrogens is 1. The fourth-order valence-electron chi connectivity index (χ4n) is 3.43. The molecule has 1 saturated heterocycles. The maximum atomic E-state index is 12.2. The topological polar surface area (TPSA) is 123 Å². The Bertz CT molecular complexity index is 867. The number of β-lactam (4-membered cyclic amide) rings is 1. The second-order valence-electron chi connectivity index (χ2n) is 6.32. The zero-order valence-electron chi connectivity index (χ0n) is 15.8. The molecule has 3 rings (SSSR count). The van der Waals surface area contributed by atoms with E-state index in [-0.39, 0.29) is 53.1 Å². The molecule has 8 nitrogen and oxygen atoms in total. The van der Waals surface area contributed by atoms with Crippen LogP contribution in [0.3, 0.4) is 0 Å². The van der Waals surface area contributed by atoms with Crippen molar-refractivity contribution in [1.82, 2.24) is 15.2 Å². The molecule has 4 atom stereocenters. The number of hydrogen-bond acceptors (Lipinski definition) is 8. The van der Waals surface area contributed by atoms with E-state index in [2.05, 4.69) is 10.3 Å². The molecule has 11 heteroatoms. The predicted octanol–water partition coefficient (Wildman–Crippen LogP) is -2.97. The van der Waals surface area contributed by atoms with Gasteiger partial charge in [-0.3, -0.25) is 9.59 Å². The number of amides is 2. The summed E-state index contributed by atoms with van der Waals surface area (Å²) in [5, 5.41) is 27.8. The van der Waals surface area contributed by atoms with E-state index in [0.717, 1.165) is 0 Å². The molecule has 144 valence electrons. The van der Waals surface area contributed by atoms with Crippen molar-refractivity contribution in [3.05, 3.63) is 32.1 Å². The molecule has 2 aliphatic rings. The smallest absolute Gasteiger partial charge is 0.543 e. The Kier molecular flexibility index (Phi) is 7.51. The van der Waals surface area contributed by atoms with E-state index in [1.54, 1.807) is 16.9 Å². The summed E-state index contributed by atoms with van der Waals surface area (Å²) in [6, 6.07) is -0.374. The number of thiazole rings is 1. The molecule has 2 N–H and O–H groups in total. The van der Waals surface area contributed by atoms with Gasteiger partial charge in [-0.15, -0.1) is 11.3 Å². The number of hydrogen-bond donors (Lipinski definition) is 2. The van der Waals surface area contributed by atoms with Gasteiger partial charge in [0.25, 0.3) is 5.91 Å². The first-order valence-corrected chi connectivity index (χ1v) is 10.0. The van der Waals surface area contributed by atoms with Crippen LogP contribution in [0.2, 0.25) is 0 Å². The number of carbonyl (C=O) groups is 3. The third-order valence-corrected chi connectivity index (χ3v) is 6.59. The summed E-state index contributed by atoms with van der Waals surface area (Å²) in [5.74, 6) is -2.92. The van der Waals surface area contributed by atoms with Crippen molar-refractivity contribution in [2.45, 2.75) is 26.0 Å². The molecule has 0 unspecified atom stereocenters. The SMILES string of the molecule is CNC(=O)c1csc(/C=C\SC2=C(C(=O)[O-])N3C(=O)[C@H]([C@@H](C)O)[C@H]3[C@H]2C)n1.[Na+]. The van der Waals surface area contributed by atoms with Crippen LogP contribution < -0.4 is 40.0 Å². The van der Waals surface area contributed by atoms with Gasteiger partial charge in [0, 0.05) is 23.3 Å². The Morgan fingerprint density at radius 3 is 2.75 bits per heavy atom. The number of aliphatic hydroxyl groups is 1. The van der Waals surface area contributed by atoms with Gasteiger partial charge < -0.3 is 25.2 Å². The van der Waals surface area contributed by atoms with Crippen LogP contribution in [-0.4, -0.2) is 52.0 Å². The van der Waals surface area contributed by atoms with Crippen molar-refractivity contribution in [3.8, 4) is 0 Å². The van der Waals surface area contributed by atoms with Crippen LogP contribution in [0.5, 0.6) is 0 Å². The van der Waals surface area contributed by atoms with E-state index < -0.39 is 23.9 Å². The van der Waals surface area contributed by atoms with Crippen LogP contribution in [0, 0.1) is 11.8 Å². The number of carboxylic acid groups (broad SMARTS) is 1. The predicted molar refractivity (Wildman–Crippen MR) is 99.1 cm³/mol. The summed E-state index contributed by atoms with van der Waals surface area (Å²) < 4.78 is 0. The summed E-state index contributed by atoms with van der Waals surface area (Å²) in [6.45, 7) is 3.36. The van der Waals surface area contributed by atoms with Crippen molar-refractivity contribution in [3.63, 3.8) is 0 Å². The summed E-state index contributed by atoms with van der Waals surface area (Å²) in [4.78, 5) is 41.3. The van der Waals surface area contributed by atoms with Crippen molar-refractivity contribution in [2.75, 3.05) is 7.05 Å². The van der Waals surface area contributed by atoms with Crippen LogP contribution in [0.15, 0.2) is 21.4 Å². The van der Waals surface area contributed by atoms with Gasteiger partial charge in [-0.1, -0.05) is 18.7 Å². The van der Waals surface area contributed by atoms with Gasteiger partial charge in [0.05, 0.1) is 29.7 Å². The van der Waals surface area contributed by atoms with Gasteiger partial charge >= 0.3 is 29.6 Å². The second-order valence-corrected chi connectivity index (χ2v) is 8.16. The molecule has 0 bridgehead atoms. The average molecular weight is 431 g/mol. The van der Waals surface area contributed by atoms with Crippen molar-refractivity contribution < 1.29 is 54.2 Å². The van der Waals surface area contributed by atoms with Gasteiger partial charge in [-0.2, -0.15) is 0 Å². The van der Waals surface area contributed by atoms with Crippen LogP contribution in [-0.2, 0) is 9.59 Å². The Balaban J connectivity index is 0.00000280. The number of thioether (sulfide) groups is 1. The average Bonchev–Trinajstić information content (AvgIpc) is 3.16. The number of aliphatic carboxylic acids is 1. The van der Waals surface area contributed by atoms with Gasteiger partial charge in [0.15, 0.2) is 0 Å². The molecule has 3 heterocycles. The van der Waals surface area contributed by atoms with Gasteiger partial charge in [0.2, 0.25) is 5.91 Å². The van der Waals surface area contributed by atoms with Crippen molar-refractivity contribution >= 4 is 47.0 Å². The fourth-order valence-corrected chi connectivity index (χ4v) is 5.20. The molecule has 0 aliphatic carbocycles. The standard InChI is InChI=1S/C17H19N3O5S2.Na/c1-7-12-11(8(2)21)16(23)20(12)13(17(24)25)14(7)26-5-4-10-19-9(6-27-10)15(22)18-3;/h4-8,11-12,21H,1-3H3,(H,18,22)(H,24,25);/q;+1/p-1/b5-4-;/t7-,8-,11-,12-;/m1./s1. The van der Waals surface area contributed by atoms with Crippen molar-refractivity contribution in [2.24, 2.45) is 11.8 Å². The Morgan fingerprint density at radius 2 is 2.18 bits per heavy atom. The monoisotopic (exact) mass is 431 g/mol. The second kappa shape index (κ2) is 9.10. The number of rotatable bonds is 6.